The number of aromatic nitrogens is 1. The Morgan fingerprint density at radius 1 is 0.885 bits per heavy atom. The van der Waals surface area contributed by atoms with Crippen LogP contribution in [0.2, 0.25) is 13.3 Å². The van der Waals surface area contributed by atoms with E-state index in [4.69, 9.17) is 9.72 Å². The molecule has 0 aliphatic carbocycles. The second kappa shape index (κ2) is 10.5. The fourth-order valence-corrected chi connectivity index (χ4v) is 20.8. The van der Waals surface area contributed by atoms with Gasteiger partial charge >= 0.3 is 165 Å². The van der Waals surface area contributed by atoms with Crippen LogP contribution in [0.25, 0.3) is 10.9 Å². The van der Waals surface area contributed by atoms with E-state index in [2.05, 4.69) is 52.0 Å². The van der Waals surface area contributed by atoms with Gasteiger partial charge in [0.15, 0.2) is 0 Å². The molecule has 0 aliphatic rings. The summed E-state index contributed by atoms with van der Waals surface area (Å²) < 4.78 is 11.4. The van der Waals surface area contributed by atoms with Gasteiger partial charge in [-0.1, -0.05) is 0 Å². The van der Waals surface area contributed by atoms with Gasteiger partial charge in [0.1, 0.15) is 0 Å². The molecule has 0 radical (unpaired) electrons. The Balaban J connectivity index is 2.54. The minimum atomic E-state index is -2.48. The monoisotopic (exact) mass is 463 g/mol. The van der Waals surface area contributed by atoms with Gasteiger partial charge in [-0.2, -0.15) is 0 Å². The summed E-state index contributed by atoms with van der Waals surface area (Å²) in [5.74, 6) is 0.921. The molecule has 0 amide bonds. The number of fused-ring (bicyclic) bond motifs is 1. The Labute approximate surface area is 164 Å². The molecule has 0 fully saturated rings. The molecule has 2 aromatic rings. The average molecular weight is 462 g/mol. The number of benzene rings is 1. The van der Waals surface area contributed by atoms with Crippen molar-refractivity contribution in [2.24, 2.45) is 0 Å². The van der Waals surface area contributed by atoms with Crippen LogP contribution in [-0.4, -0.2) is 30.5 Å². The van der Waals surface area contributed by atoms with Crippen LogP contribution in [0, 0.1) is 6.92 Å². The van der Waals surface area contributed by atoms with Gasteiger partial charge in [-0.05, 0) is 0 Å². The van der Waals surface area contributed by atoms with Crippen molar-refractivity contribution in [2.75, 3.05) is 7.11 Å². The third-order valence-electron chi connectivity index (χ3n) is 5.74. The molecular formula is C23H37NOSn. The van der Waals surface area contributed by atoms with Crippen molar-refractivity contribution in [1.29, 1.82) is 0 Å². The molecule has 2 nitrogen and oxygen atoms in total. The van der Waals surface area contributed by atoms with Crippen LogP contribution in [0.1, 0.15) is 64.9 Å². The van der Waals surface area contributed by atoms with Crippen molar-refractivity contribution in [3.05, 3.63) is 29.8 Å². The van der Waals surface area contributed by atoms with E-state index in [0.29, 0.717) is 0 Å². The molecule has 1 aromatic carbocycles. The summed E-state index contributed by atoms with van der Waals surface area (Å²) in [4.78, 5) is 5.32. The molecule has 26 heavy (non-hydrogen) atoms. The van der Waals surface area contributed by atoms with Crippen LogP contribution in [0.15, 0.2) is 24.3 Å². The van der Waals surface area contributed by atoms with Gasteiger partial charge in [0, 0.05) is 0 Å². The van der Waals surface area contributed by atoms with E-state index in [1.54, 1.807) is 10.8 Å². The number of unbranched alkanes of at least 4 members (excludes halogenated alkanes) is 3. The summed E-state index contributed by atoms with van der Waals surface area (Å²) in [5.41, 5.74) is 2.59. The van der Waals surface area contributed by atoms with E-state index in [1.165, 1.54) is 62.8 Å². The van der Waals surface area contributed by atoms with E-state index < -0.39 is 18.4 Å². The van der Waals surface area contributed by atoms with Crippen molar-refractivity contribution in [2.45, 2.75) is 79.5 Å². The molecule has 0 aliphatic heterocycles. The molecule has 0 spiro atoms. The number of hydrogen-bond acceptors (Lipinski definition) is 2. The summed E-state index contributed by atoms with van der Waals surface area (Å²) >= 11 is -2.48. The second-order valence-electron chi connectivity index (χ2n) is 7.80. The van der Waals surface area contributed by atoms with Crippen LogP contribution < -0.4 is 8.45 Å². The summed E-state index contributed by atoms with van der Waals surface area (Å²) in [6.07, 6.45) is 8.06. The maximum absolute atomic E-state index is 5.40. The van der Waals surface area contributed by atoms with E-state index >= 15 is 0 Å². The second-order valence-corrected chi connectivity index (χ2v) is 20.7. The third kappa shape index (κ3) is 5.15. The SMILES string of the molecule is CCC[CH2][Sn]([CH2]CCC)([CH2]CCC)[c]1nc2ccc(OC)cc2cc1C. The van der Waals surface area contributed by atoms with Crippen LogP contribution >= 0.6 is 0 Å². The van der Waals surface area contributed by atoms with Crippen molar-refractivity contribution >= 4 is 33.0 Å². The van der Waals surface area contributed by atoms with Crippen LogP contribution in [0.4, 0.5) is 0 Å². The first-order chi connectivity index (χ1) is 12.6. The van der Waals surface area contributed by atoms with Gasteiger partial charge < -0.3 is 0 Å². The number of pyridine rings is 1. The van der Waals surface area contributed by atoms with E-state index in [1.807, 2.05) is 0 Å². The number of ether oxygens (including phenoxy) is 1. The molecule has 1 heterocycles. The predicted molar refractivity (Wildman–Crippen MR) is 118 cm³/mol. The first-order valence-corrected chi connectivity index (χ1v) is 18.0. The molecule has 3 heteroatoms. The number of rotatable bonds is 11. The number of hydrogen-bond donors (Lipinski definition) is 0. The zero-order chi connectivity index (χ0) is 19.0. The zero-order valence-corrected chi connectivity index (χ0v) is 20.4. The number of methoxy groups -OCH3 is 1. The van der Waals surface area contributed by atoms with E-state index in [-0.39, 0.29) is 0 Å². The average Bonchev–Trinajstić information content (AvgIpc) is 2.67. The fraction of sp³-hybridized carbons (Fsp3) is 0.609. The standard InChI is InChI=1S/C11H10NO.3C4H9.Sn/c1-8-5-9-6-10(13-2)3-4-11(9)12-7-8;3*1-3-4-2;/h3-6H,1-2H3;3*1,3-4H2,2H3;. The number of aryl methyl sites for hydroxylation is 1. The quantitative estimate of drug-likeness (QED) is 0.351. The first kappa shape index (κ1) is 21.5. The summed E-state index contributed by atoms with van der Waals surface area (Å²) in [6, 6.07) is 8.69. The summed E-state index contributed by atoms with van der Waals surface area (Å²) in [7, 11) is 1.73. The van der Waals surface area contributed by atoms with E-state index in [0.717, 1.165) is 11.3 Å². The van der Waals surface area contributed by atoms with Gasteiger partial charge in [-0.3, -0.25) is 0 Å². The Hall–Kier alpha value is -0.771. The molecule has 0 N–H and O–H groups in total. The molecule has 2 rings (SSSR count). The molecule has 0 unspecified atom stereocenters. The van der Waals surface area contributed by atoms with Gasteiger partial charge in [-0.15, -0.1) is 0 Å². The summed E-state index contributed by atoms with van der Waals surface area (Å²) in [6.45, 7) is 9.31. The van der Waals surface area contributed by atoms with Crippen LogP contribution in [0.3, 0.4) is 0 Å². The van der Waals surface area contributed by atoms with E-state index in [9.17, 15) is 0 Å². The van der Waals surface area contributed by atoms with Crippen molar-refractivity contribution in [1.82, 2.24) is 4.98 Å². The summed E-state index contributed by atoms with van der Waals surface area (Å²) in [5, 5.41) is 1.22. The van der Waals surface area contributed by atoms with Gasteiger partial charge in [0.2, 0.25) is 0 Å². The number of nitrogens with zero attached hydrogens (tertiary/aromatic N) is 1. The Morgan fingerprint density at radius 3 is 1.96 bits per heavy atom. The van der Waals surface area contributed by atoms with Gasteiger partial charge in [-0.25, -0.2) is 0 Å². The Kier molecular flexibility index (Phi) is 8.72. The fourth-order valence-electron chi connectivity index (χ4n) is 4.20. The molecule has 144 valence electrons. The zero-order valence-electron chi connectivity index (χ0n) is 17.5. The molecule has 0 bridgehead atoms. The van der Waals surface area contributed by atoms with Crippen molar-refractivity contribution in [3.63, 3.8) is 0 Å². The topological polar surface area (TPSA) is 22.1 Å². The van der Waals surface area contributed by atoms with Gasteiger partial charge in [0.25, 0.3) is 0 Å². The Morgan fingerprint density at radius 2 is 1.46 bits per heavy atom. The molecule has 1 aromatic heterocycles. The normalized spacial score (nSPS) is 11.9. The molecular weight excluding hydrogens is 425 g/mol. The van der Waals surface area contributed by atoms with Crippen LogP contribution in [-0.2, 0) is 0 Å². The van der Waals surface area contributed by atoms with Crippen molar-refractivity contribution < 1.29 is 4.74 Å². The molecule has 0 saturated heterocycles. The Bertz CT molecular complexity index is 676. The first-order valence-electron chi connectivity index (χ1n) is 10.6. The van der Waals surface area contributed by atoms with Gasteiger partial charge in [0.05, 0.1) is 0 Å². The minimum absolute atomic E-state index is 0.921. The van der Waals surface area contributed by atoms with Crippen molar-refractivity contribution in [3.8, 4) is 5.75 Å². The maximum atomic E-state index is 5.40. The molecule has 0 saturated carbocycles. The van der Waals surface area contributed by atoms with Crippen LogP contribution in [0.5, 0.6) is 5.75 Å². The third-order valence-corrected chi connectivity index (χ3v) is 21.3. The molecule has 0 atom stereocenters. The predicted octanol–water partition coefficient (Wildman–Crippen LogP) is 6.61.